The van der Waals surface area contributed by atoms with E-state index in [1.165, 1.54) is 18.3 Å². The van der Waals surface area contributed by atoms with Crippen LogP contribution in [0.2, 0.25) is 0 Å². The zero-order chi connectivity index (χ0) is 25.5. The first kappa shape index (κ1) is 26.0. The highest BCUT2D eigenvalue weighted by Gasteiger charge is 2.26. The maximum Gasteiger partial charge on any atom is 0.341 e. The van der Waals surface area contributed by atoms with E-state index < -0.39 is 36.4 Å². The summed E-state index contributed by atoms with van der Waals surface area (Å²) in [6.07, 6.45) is 2.58. The van der Waals surface area contributed by atoms with Crippen LogP contribution in [0.3, 0.4) is 0 Å². The quantitative estimate of drug-likeness (QED) is 0.367. The van der Waals surface area contributed by atoms with E-state index in [0.29, 0.717) is 17.0 Å². The molecule has 3 aromatic rings. The van der Waals surface area contributed by atoms with Crippen molar-refractivity contribution in [3.63, 3.8) is 0 Å². The smallest absolute Gasteiger partial charge is 0.341 e. The zero-order valence-corrected chi connectivity index (χ0v) is 21.0. The molecule has 3 N–H and O–H groups in total. The van der Waals surface area contributed by atoms with E-state index in [-0.39, 0.29) is 13.0 Å². The third kappa shape index (κ3) is 6.27. The highest BCUT2D eigenvalue weighted by atomic mass is 32.1. The summed E-state index contributed by atoms with van der Waals surface area (Å²) < 4.78 is 10.4. The van der Waals surface area contributed by atoms with E-state index in [0.717, 1.165) is 26.9 Å². The predicted octanol–water partition coefficient (Wildman–Crippen LogP) is 3.51. The molecule has 10 heteroatoms. The summed E-state index contributed by atoms with van der Waals surface area (Å²) in [5.74, 6) is -2.23. The Hall–Kier alpha value is -3.66. The average molecular weight is 500 g/mol. The number of aromatic amines is 1. The minimum absolute atomic E-state index is 0.195. The molecular formula is C25H29N3O6S. The molecule has 0 aliphatic heterocycles. The second-order valence-electron chi connectivity index (χ2n) is 7.89. The lowest BCUT2D eigenvalue weighted by Gasteiger charge is -2.16. The number of hydrogen-bond acceptors (Lipinski definition) is 7. The summed E-state index contributed by atoms with van der Waals surface area (Å²) in [6.45, 7) is 6.45. The van der Waals surface area contributed by atoms with Crippen molar-refractivity contribution in [1.29, 1.82) is 0 Å². The van der Waals surface area contributed by atoms with E-state index in [1.807, 2.05) is 38.1 Å². The largest absolute Gasteiger partial charge is 0.462 e. The third-order valence-electron chi connectivity index (χ3n) is 5.40. The van der Waals surface area contributed by atoms with Crippen LogP contribution >= 0.6 is 11.3 Å². The lowest BCUT2D eigenvalue weighted by Crippen LogP contribution is -2.43. The maximum absolute atomic E-state index is 12.8. The van der Waals surface area contributed by atoms with Gasteiger partial charge in [-0.3, -0.25) is 9.59 Å². The normalized spacial score (nSPS) is 11.7. The minimum atomic E-state index is -0.967. The number of para-hydroxylation sites is 1. The van der Waals surface area contributed by atoms with Gasteiger partial charge in [-0.2, -0.15) is 0 Å². The van der Waals surface area contributed by atoms with Crippen LogP contribution in [0.4, 0.5) is 5.00 Å². The van der Waals surface area contributed by atoms with Crippen LogP contribution in [0.25, 0.3) is 10.9 Å². The van der Waals surface area contributed by atoms with Gasteiger partial charge in [-0.15, -0.1) is 11.3 Å². The van der Waals surface area contributed by atoms with E-state index in [2.05, 4.69) is 15.6 Å². The molecule has 0 unspecified atom stereocenters. The molecule has 9 nitrogen and oxygen atoms in total. The van der Waals surface area contributed by atoms with Crippen molar-refractivity contribution in [3.05, 3.63) is 52.0 Å². The second kappa shape index (κ2) is 11.7. The van der Waals surface area contributed by atoms with Crippen LogP contribution in [-0.4, -0.2) is 48.0 Å². The lowest BCUT2D eigenvalue weighted by atomic mass is 10.0. The summed E-state index contributed by atoms with van der Waals surface area (Å²) in [7, 11) is 0. The summed E-state index contributed by atoms with van der Waals surface area (Å²) in [6, 6.07) is 6.64. The zero-order valence-electron chi connectivity index (χ0n) is 20.2. The number of hydrogen-bond donors (Lipinski definition) is 3. The number of aryl methyl sites for hydroxylation is 1. The summed E-state index contributed by atoms with van der Waals surface area (Å²) in [4.78, 5) is 53.5. The van der Waals surface area contributed by atoms with E-state index in [1.54, 1.807) is 13.1 Å². The first-order valence-corrected chi connectivity index (χ1v) is 12.1. The first-order valence-electron chi connectivity index (χ1n) is 11.3. The Morgan fingerprint density at radius 1 is 1.11 bits per heavy atom. The minimum Gasteiger partial charge on any atom is -0.462 e. The average Bonchev–Trinajstić information content (AvgIpc) is 3.36. The molecule has 1 aromatic carbocycles. The Kier molecular flexibility index (Phi) is 8.64. The number of aromatic nitrogens is 1. The van der Waals surface area contributed by atoms with Gasteiger partial charge in [-0.25, -0.2) is 9.59 Å². The number of amides is 2. The fourth-order valence-electron chi connectivity index (χ4n) is 3.87. The second-order valence-corrected chi connectivity index (χ2v) is 9.11. The molecule has 0 saturated heterocycles. The van der Waals surface area contributed by atoms with Crippen molar-refractivity contribution >= 4 is 51.0 Å². The van der Waals surface area contributed by atoms with Gasteiger partial charge in [-0.1, -0.05) is 25.1 Å². The highest BCUT2D eigenvalue weighted by molar-refractivity contribution is 7.16. The third-order valence-corrected chi connectivity index (χ3v) is 6.46. The Morgan fingerprint density at radius 3 is 2.54 bits per heavy atom. The number of carbonyl (C=O) groups is 4. The van der Waals surface area contributed by atoms with E-state index >= 15 is 0 Å². The van der Waals surface area contributed by atoms with Crippen LogP contribution < -0.4 is 10.6 Å². The van der Waals surface area contributed by atoms with Gasteiger partial charge in [-0.05, 0) is 37.5 Å². The SMILES string of the molecule is CCOC(=O)c1c(NC(=O)COC(=O)[C@H](Cc2c[nH]c3ccccc23)NC(C)=O)sc(C)c1CC. The molecule has 2 heterocycles. The number of benzene rings is 1. The lowest BCUT2D eigenvalue weighted by molar-refractivity contribution is -0.150. The standard InChI is InChI=1S/C25H29N3O6S/c1-5-17-14(3)35-23(22(17)25(32)33-6-2)28-21(30)13-34-24(31)20(27-15(4)29)11-16-12-26-19-10-8-7-9-18(16)19/h7-10,12,20,26H,5-6,11,13H2,1-4H3,(H,27,29)(H,28,30)/t20-/m0/s1. The molecule has 3 rings (SSSR count). The fourth-order valence-corrected chi connectivity index (χ4v) is 5.02. The highest BCUT2D eigenvalue weighted by Crippen LogP contribution is 2.34. The van der Waals surface area contributed by atoms with Gasteiger partial charge >= 0.3 is 11.9 Å². The molecule has 1 atom stereocenters. The molecular weight excluding hydrogens is 470 g/mol. The van der Waals surface area contributed by atoms with Crippen LogP contribution in [0, 0.1) is 6.92 Å². The Balaban J connectivity index is 1.68. The van der Waals surface area contributed by atoms with Crippen molar-refractivity contribution in [2.24, 2.45) is 0 Å². The molecule has 0 spiro atoms. The molecule has 0 aliphatic rings. The van der Waals surface area contributed by atoms with Crippen LogP contribution in [-0.2, 0) is 36.7 Å². The van der Waals surface area contributed by atoms with Crippen LogP contribution in [0.1, 0.15) is 47.1 Å². The van der Waals surface area contributed by atoms with Crippen molar-refractivity contribution in [2.75, 3.05) is 18.5 Å². The van der Waals surface area contributed by atoms with Gasteiger partial charge in [0.1, 0.15) is 11.0 Å². The first-order chi connectivity index (χ1) is 16.7. The number of ether oxygens (including phenoxy) is 2. The van der Waals surface area contributed by atoms with E-state index in [4.69, 9.17) is 9.47 Å². The van der Waals surface area contributed by atoms with Gasteiger partial charge in [0, 0.05) is 35.3 Å². The van der Waals surface area contributed by atoms with Gasteiger partial charge in [0.2, 0.25) is 5.91 Å². The molecule has 2 aromatic heterocycles. The molecule has 2 amide bonds. The molecule has 0 saturated carbocycles. The number of rotatable bonds is 10. The van der Waals surface area contributed by atoms with E-state index in [9.17, 15) is 19.2 Å². The fraction of sp³-hybridized carbons (Fsp3) is 0.360. The number of thiophene rings is 1. The van der Waals surface area contributed by atoms with Gasteiger partial charge in [0.15, 0.2) is 6.61 Å². The molecule has 186 valence electrons. The van der Waals surface area contributed by atoms with Gasteiger partial charge in [0.05, 0.1) is 12.2 Å². The number of esters is 2. The van der Waals surface area contributed by atoms with Crippen molar-refractivity contribution in [3.8, 4) is 0 Å². The van der Waals surface area contributed by atoms with Crippen molar-refractivity contribution in [2.45, 2.75) is 46.6 Å². The number of nitrogens with one attached hydrogen (secondary N) is 3. The molecule has 0 fully saturated rings. The Labute approximate surface area is 207 Å². The van der Waals surface area contributed by atoms with Crippen molar-refractivity contribution < 1.29 is 28.7 Å². The maximum atomic E-state index is 12.8. The summed E-state index contributed by atoms with van der Waals surface area (Å²) >= 11 is 1.27. The monoisotopic (exact) mass is 499 g/mol. The van der Waals surface area contributed by atoms with Gasteiger partial charge in [0.25, 0.3) is 5.91 Å². The summed E-state index contributed by atoms with van der Waals surface area (Å²) in [5.41, 5.74) is 2.88. The number of anilines is 1. The van der Waals surface area contributed by atoms with Crippen molar-refractivity contribution in [1.82, 2.24) is 10.3 Å². The topological polar surface area (TPSA) is 127 Å². The van der Waals surface area contributed by atoms with Crippen LogP contribution in [0.15, 0.2) is 30.5 Å². The molecule has 35 heavy (non-hydrogen) atoms. The molecule has 0 radical (unpaired) electrons. The molecule has 0 bridgehead atoms. The number of fused-ring (bicyclic) bond motifs is 1. The van der Waals surface area contributed by atoms with Crippen LogP contribution in [0.5, 0.6) is 0 Å². The van der Waals surface area contributed by atoms with Gasteiger partial charge < -0.3 is 25.1 Å². The number of H-pyrrole nitrogens is 1. The Bertz CT molecular complexity index is 1250. The Morgan fingerprint density at radius 2 is 1.86 bits per heavy atom. The number of carbonyl (C=O) groups excluding carboxylic acids is 4. The predicted molar refractivity (Wildman–Crippen MR) is 134 cm³/mol. The molecule has 0 aliphatic carbocycles. The summed E-state index contributed by atoms with van der Waals surface area (Å²) in [5, 5.41) is 6.54.